The van der Waals surface area contributed by atoms with Gasteiger partial charge in [-0.1, -0.05) is 38.4 Å². The lowest BCUT2D eigenvalue weighted by Crippen LogP contribution is -2.43. The first-order chi connectivity index (χ1) is 8.99. The van der Waals surface area contributed by atoms with Gasteiger partial charge >= 0.3 is 11.8 Å². The quantitative estimate of drug-likeness (QED) is 0.513. The van der Waals surface area contributed by atoms with E-state index in [1.807, 2.05) is 0 Å². The molecule has 0 aromatic carbocycles. The van der Waals surface area contributed by atoms with Crippen molar-refractivity contribution in [3.05, 3.63) is 0 Å². The van der Waals surface area contributed by atoms with E-state index >= 15 is 0 Å². The predicted molar refractivity (Wildman–Crippen MR) is 78.5 cm³/mol. The van der Waals surface area contributed by atoms with Crippen molar-refractivity contribution < 1.29 is 9.59 Å². The SMILES string of the molecule is CC1CCCC(CCNC(=O)C(=O)NCC(N)=S)C1. The summed E-state index contributed by atoms with van der Waals surface area (Å²) in [4.78, 5) is 23.0. The first-order valence-electron chi connectivity index (χ1n) is 6.83. The van der Waals surface area contributed by atoms with Gasteiger partial charge in [0.2, 0.25) is 0 Å². The third-order valence-electron chi connectivity index (χ3n) is 3.51. The summed E-state index contributed by atoms with van der Waals surface area (Å²) in [7, 11) is 0. The molecule has 1 aliphatic carbocycles. The third-order valence-corrected chi connectivity index (χ3v) is 3.66. The van der Waals surface area contributed by atoms with Crippen LogP contribution in [0.3, 0.4) is 0 Å². The summed E-state index contributed by atoms with van der Waals surface area (Å²) in [5, 5.41) is 4.99. The monoisotopic (exact) mass is 285 g/mol. The van der Waals surface area contributed by atoms with Crippen molar-refractivity contribution in [3.63, 3.8) is 0 Å². The zero-order valence-electron chi connectivity index (χ0n) is 11.4. The highest BCUT2D eigenvalue weighted by Crippen LogP contribution is 2.30. The van der Waals surface area contributed by atoms with Crippen LogP contribution in [0.5, 0.6) is 0 Å². The van der Waals surface area contributed by atoms with Gasteiger partial charge in [-0.05, 0) is 24.7 Å². The molecule has 0 bridgehead atoms. The van der Waals surface area contributed by atoms with Gasteiger partial charge in [-0.2, -0.15) is 0 Å². The average Bonchev–Trinajstić information content (AvgIpc) is 2.35. The molecule has 0 heterocycles. The van der Waals surface area contributed by atoms with Gasteiger partial charge in [0, 0.05) is 6.54 Å². The van der Waals surface area contributed by atoms with Gasteiger partial charge < -0.3 is 16.4 Å². The summed E-state index contributed by atoms with van der Waals surface area (Å²) in [5.41, 5.74) is 5.24. The molecule has 4 N–H and O–H groups in total. The first-order valence-corrected chi connectivity index (χ1v) is 7.24. The largest absolute Gasteiger partial charge is 0.392 e. The van der Waals surface area contributed by atoms with E-state index in [1.165, 1.54) is 25.7 Å². The van der Waals surface area contributed by atoms with Crippen LogP contribution in [0.4, 0.5) is 0 Å². The standard InChI is InChI=1S/C13H23N3O2S/c1-9-3-2-4-10(7-9)5-6-15-12(17)13(18)16-8-11(14)19/h9-10H,2-8H2,1H3,(H2,14,19)(H,15,17)(H,16,18). The first kappa shape index (κ1) is 15.9. The fourth-order valence-electron chi connectivity index (χ4n) is 2.54. The summed E-state index contributed by atoms with van der Waals surface area (Å²) in [5.74, 6) is 0.164. The highest BCUT2D eigenvalue weighted by molar-refractivity contribution is 7.80. The zero-order chi connectivity index (χ0) is 14.3. The van der Waals surface area contributed by atoms with Crippen molar-refractivity contribution in [1.82, 2.24) is 10.6 Å². The van der Waals surface area contributed by atoms with E-state index < -0.39 is 11.8 Å². The normalized spacial score (nSPS) is 22.6. The third kappa shape index (κ3) is 6.52. The Hall–Kier alpha value is -1.17. The maximum absolute atomic E-state index is 11.5. The lowest BCUT2D eigenvalue weighted by molar-refractivity contribution is -0.139. The number of nitrogens with one attached hydrogen (secondary N) is 2. The predicted octanol–water partition coefficient (Wildman–Crippen LogP) is 0.721. The van der Waals surface area contributed by atoms with Crippen LogP contribution in [0, 0.1) is 11.8 Å². The number of amides is 2. The van der Waals surface area contributed by atoms with Gasteiger partial charge in [0.15, 0.2) is 0 Å². The number of carbonyl (C=O) groups excluding carboxylic acids is 2. The van der Waals surface area contributed by atoms with Gasteiger partial charge in [0.1, 0.15) is 0 Å². The van der Waals surface area contributed by atoms with E-state index in [1.54, 1.807) is 0 Å². The van der Waals surface area contributed by atoms with Crippen LogP contribution in [-0.2, 0) is 9.59 Å². The molecule has 1 fully saturated rings. The van der Waals surface area contributed by atoms with Gasteiger partial charge in [0.05, 0.1) is 11.5 Å². The molecule has 1 aliphatic rings. The summed E-state index contributed by atoms with van der Waals surface area (Å²) in [6.45, 7) is 2.88. The minimum atomic E-state index is -0.676. The molecule has 1 saturated carbocycles. The lowest BCUT2D eigenvalue weighted by atomic mass is 9.81. The van der Waals surface area contributed by atoms with Crippen LogP contribution in [0.25, 0.3) is 0 Å². The molecule has 19 heavy (non-hydrogen) atoms. The van der Waals surface area contributed by atoms with E-state index in [-0.39, 0.29) is 11.5 Å². The molecular weight excluding hydrogens is 262 g/mol. The molecular formula is C13H23N3O2S. The number of hydrogen-bond donors (Lipinski definition) is 3. The van der Waals surface area contributed by atoms with Crippen LogP contribution in [0.1, 0.15) is 39.0 Å². The molecule has 108 valence electrons. The van der Waals surface area contributed by atoms with Gasteiger partial charge in [0.25, 0.3) is 0 Å². The van der Waals surface area contributed by atoms with Crippen LogP contribution in [0.2, 0.25) is 0 Å². The Morgan fingerprint density at radius 3 is 2.58 bits per heavy atom. The summed E-state index contributed by atoms with van der Waals surface area (Å²) in [6, 6.07) is 0. The van der Waals surface area contributed by atoms with Crippen molar-refractivity contribution in [2.45, 2.75) is 39.0 Å². The highest BCUT2D eigenvalue weighted by Gasteiger charge is 2.19. The molecule has 2 atom stereocenters. The molecule has 0 aliphatic heterocycles. The van der Waals surface area contributed by atoms with E-state index in [2.05, 4.69) is 29.8 Å². The average molecular weight is 285 g/mol. The van der Waals surface area contributed by atoms with Crippen molar-refractivity contribution in [3.8, 4) is 0 Å². The van der Waals surface area contributed by atoms with Gasteiger partial charge in [-0.25, -0.2) is 0 Å². The van der Waals surface area contributed by atoms with E-state index in [0.717, 1.165) is 12.3 Å². The number of carbonyl (C=O) groups is 2. The lowest BCUT2D eigenvalue weighted by Gasteiger charge is -2.26. The van der Waals surface area contributed by atoms with Crippen LogP contribution in [0.15, 0.2) is 0 Å². The fourth-order valence-corrected chi connectivity index (χ4v) is 2.61. The number of thiocarbonyl (C=S) groups is 1. The molecule has 2 unspecified atom stereocenters. The summed E-state index contributed by atoms with van der Waals surface area (Å²) in [6.07, 6.45) is 5.98. The Balaban J connectivity index is 2.15. The molecule has 1 rings (SSSR count). The number of nitrogens with two attached hydrogens (primary N) is 1. The van der Waals surface area contributed by atoms with Crippen molar-refractivity contribution >= 4 is 29.0 Å². The molecule has 5 nitrogen and oxygen atoms in total. The second-order valence-corrected chi connectivity index (χ2v) is 5.86. The number of hydrogen-bond acceptors (Lipinski definition) is 3. The Kier molecular flexibility index (Phi) is 6.77. The van der Waals surface area contributed by atoms with Crippen LogP contribution < -0.4 is 16.4 Å². The highest BCUT2D eigenvalue weighted by atomic mass is 32.1. The van der Waals surface area contributed by atoms with Gasteiger partial charge in [-0.3, -0.25) is 9.59 Å². The molecule has 6 heteroatoms. The van der Waals surface area contributed by atoms with E-state index in [9.17, 15) is 9.59 Å². The Labute approximate surface area is 119 Å². The number of rotatable bonds is 5. The van der Waals surface area contributed by atoms with Crippen molar-refractivity contribution in [2.24, 2.45) is 17.6 Å². The maximum atomic E-state index is 11.5. The summed E-state index contributed by atoms with van der Waals surface area (Å²) >= 11 is 4.62. The maximum Gasteiger partial charge on any atom is 0.309 e. The molecule has 0 aromatic heterocycles. The Morgan fingerprint density at radius 1 is 1.26 bits per heavy atom. The van der Waals surface area contributed by atoms with Crippen LogP contribution >= 0.6 is 12.2 Å². The van der Waals surface area contributed by atoms with Crippen LogP contribution in [-0.4, -0.2) is 29.9 Å². The topological polar surface area (TPSA) is 84.2 Å². The Morgan fingerprint density at radius 2 is 1.95 bits per heavy atom. The molecule has 0 aromatic rings. The second kappa shape index (κ2) is 8.09. The fraction of sp³-hybridized carbons (Fsp3) is 0.769. The van der Waals surface area contributed by atoms with E-state index in [4.69, 9.17) is 5.73 Å². The van der Waals surface area contributed by atoms with E-state index in [0.29, 0.717) is 12.5 Å². The minimum absolute atomic E-state index is 0.0573. The zero-order valence-corrected chi connectivity index (χ0v) is 12.2. The van der Waals surface area contributed by atoms with Crippen molar-refractivity contribution in [2.75, 3.05) is 13.1 Å². The molecule has 0 spiro atoms. The molecule has 0 saturated heterocycles. The molecule has 0 radical (unpaired) electrons. The molecule has 2 amide bonds. The minimum Gasteiger partial charge on any atom is -0.392 e. The second-order valence-electron chi connectivity index (χ2n) is 5.33. The van der Waals surface area contributed by atoms with Gasteiger partial charge in [-0.15, -0.1) is 0 Å². The summed E-state index contributed by atoms with van der Waals surface area (Å²) < 4.78 is 0. The Bertz CT molecular complexity index is 347. The smallest absolute Gasteiger partial charge is 0.309 e. The van der Waals surface area contributed by atoms with Crippen molar-refractivity contribution in [1.29, 1.82) is 0 Å².